The van der Waals surface area contributed by atoms with Crippen molar-refractivity contribution in [1.29, 1.82) is 0 Å². The van der Waals surface area contributed by atoms with Gasteiger partial charge < -0.3 is 39.1 Å². The molecule has 0 spiro atoms. The number of hydrogen-bond donors (Lipinski definition) is 1. The monoisotopic (exact) mass is 664 g/mol. The molecule has 1 N–H and O–H groups in total. The zero-order valence-corrected chi connectivity index (χ0v) is 30.4. The van der Waals surface area contributed by atoms with Gasteiger partial charge in [-0.2, -0.15) is 0 Å². The normalized spacial score (nSPS) is 10.3. The van der Waals surface area contributed by atoms with Gasteiger partial charge in [-0.25, -0.2) is 8.78 Å². The van der Waals surface area contributed by atoms with Crippen LogP contribution in [-0.2, 0) is 16.0 Å². The number of rotatable bonds is 17. The van der Waals surface area contributed by atoms with E-state index in [9.17, 15) is 33.7 Å². The molecule has 0 amide bonds. The first-order chi connectivity index (χ1) is 21.7. The van der Waals surface area contributed by atoms with Gasteiger partial charge in [0.25, 0.3) is 0 Å². The molecule has 236 valence electrons. The van der Waals surface area contributed by atoms with Crippen LogP contribution in [0.2, 0.25) is 0 Å². The predicted octanol–water partition coefficient (Wildman–Crippen LogP) is -1.16. The number of ether oxygens (including phenoxy) is 3. The fraction of sp³-hybridized carbons (Fsp3) is 0.257. The molecule has 0 saturated carbocycles. The van der Waals surface area contributed by atoms with Crippen molar-refractivity contribution in [2.24, 2.45) is 0 Å². The average Bonchev–Trinajstić information content (AvgIpc) is 3.01. The Morgan fingerprint density at radius 2 is 1.11 bits per heavy atom. The molecule has 12 heteroatoms. The average molecular weight is 665 g/mol. The van der Waals surface area contributed by atoms with Gasteiger partial charge in [-0.3, -0.25) is 0 Å². The minimum atomic E-state index is -1.22. The maximum atomic E-state index is 13.7. The minimum absolute atomic E-state index is 0. The quantitative estimate of drug-likeness (QED) is 0.111. The van der Waals surface area contributed by atoms with E-state index in [1.807, 2.05) is 0 Å². The number of benzene rings is 4. The summed E-state index contributed by atoms with van der Waals surface area (Å²) in [6.45, 7) is 0.636. The summed E-state index contributed by atoms with van der Waals surface area (Å²) in [5.74, 6) is -1.99. The molecule has 0 radical (unpaired) electrons. The maximum Gasteiger partial charge on any atom is 1.00 e. The van der Waals surface area contributed by atoms with E-state index in [1.165, 1.54) is 30.3 Å². The molecule has 0 unspecified atom stereocenters. The number of unbranched alkanes of at least 4 members (excludes halogenated alkanes) is 1. The Bertz CT molecular complexity index is 1600. The van der Waals surface area contributed by atoms with Gasteiger partial charge in [-0.05, 0) is 85.7 Å². The molecule has 4 aromatic carbocycles. The Morgan fingerprint density at radius 3 is 1.64 bits per heavy atom. The fourth-order valence-corrected chi connectivity index (χ4v) is 4.67. The van der Waals surface area contributed by atoms with Crippen LogP contribution in [0.4, 0.5) is 8.78 Å². The van der Waals surface area contributed by atoms with Gasteiger partial charge in [-0.1, -0.05) is 30.3 Å². The second-order valence-corrected chi connectivity index (χ2v) is 10.2. The van der Waals surface area contributed by atoms with Crippen LogP contribution >= 0.6 is 0 Å². The molecular weight excluding hydrogens is 632 g/mol. The Hall–Kier alpha value is -3.12. The number of carbonyl (C=O) groups is 2. The summed E-state index contributed by atoms with van der Waals surface area (Å²) in [7, 11) is 0. The van der Waals surface area contributed by atoms with E-state index >= 15 is 0 Å². The second-order valence-electron chi connectivity index (χ2n) is 10.2. The van der Waals surface area contributed by atoms with Crippen LogP contribution in [0, 0.1) is 11.6 Å². The largest absolute Gasteiger partial charge is 1.00 e. The summed E-state index contributed by atoms with van der Waals surface area (Å²) >= 11 is 0. The smallest absolute Gasteiger partial charge is 0.550 e. The molecule has 0 fully saturated rings. The van der Waals surface area contributed by atoms with Gasteiger partial charge >= 0.3 is 59.1 Å². The number of aromatic hydroxyl groups is 1. The van der Waals surface area contributed by atoms with Crippen molar-refractivity contribution < 1.29 is 107 Å². The van der Waals surface area contributed by atoms with Gasteiger partial charge in [0.2, 0.25) is 0 Å². The van der Waals surface area contributed by atoms with Crippen molar-refractivity contribution in [3.63, 3.8) is 0 Å². The number of phenols is 1. The van der Waals surface area contributed by atoms with Crippen LogP contribution in [0.5, 0.6) is 23.0 Å². The van der Waals surface area contributed by atoms with Crippen LogP contribution in [-0.4, -0.2) is 36.9 Å². The maximum absolute atomic E-state index is 13.7. The van der Waals surface area contributed by atoms with Crippen molar-refractivity contribution >= 4 is 11.9 Å². The molecule has 0 aliphatic heterocycles. The van der Waals surface area contributed by atoms with E-state index in [1.54, 1.807) is 48.5 Å². The van der Waals surface area contributed by atoms with E-state index in [2.05, 4.69) is 0 Å². The van der Waals surface area contributed by atoms with Crippen molar-refractivity contribution in [3.8, 4) is 45.3 Å². The van der Waals surface area contributed by atoms with Crippen LogP contribution in [0.3, 0.4) is 0 Å². The molecule has 0 bridgehead atoms. The molecule has 0 aromatic heterocycles. The van der Waals surface area contributed by atoms with Crippen molar-refractivity contribution in [2.45, 2.75) is 38.5 Å². The first kappa shape index (κ1) is 40.1. The Kier molecular flexibility index (Phi) is 17.3. The van der Waals surface area contributed by atoms with E-state index < -0.39 is 23.6 Å². The number of carbonyl (C=O) groups excluding carboxylic acids is 2. The summed E-state index contributed by atoms with van der Waals surface area (Å²) < 4.78 is 44.9. The van der Waals surface area contributed by atoms with Gasteiger partial charge in [0, 0.05) is 41.1 Å². The zero-order chi connectivity index (χ0) is 32.2. The molecular formula is C35H32F2Na2O8. The molecule has 4 aromatic rings. The van der Waals surface area contributed by atoms with Crippen LogP contribution in [0.1, 0.15) is 37.7 Å². The molecule has 4 rings (SSSR count). The molecule has 0 aliphatic rings. The molecule has 0 atom stereocenters. The standard InChI is InChI=1S/C35H34F2O8.2Na/c36-25-12-8-23(9-13-25)28-21-29(24-10-14-26(37)15-11-24)33(22-30(28)38)45-20-4-19-44-32-6-3-5-31(27(32)16-17-35(41)42)43-18-2-1-7-34(39)40;;/h3,5-6,8-15,21-22,38H,1-2,4,7,16-20H2,(H,39,40)(H,41,42);;/q;2*+1/p-2. The first-order valence-electron chi connectivity index (χ1n) is 14.5. The summed E-state index contributed by atoms with van der Waals surface area (Å²) in [5.41, 5.74) is 2.86. The zero-order valence-electron chi connectivity index (χ0n) is 26.4. The summed E-state index contributed by atoms with van der Waals surface area (Å²) in [6, 6.07) is 19.8. The molecule has 0 saturated heterocycles. The summed E-state index contributed by atoms with van der Waals surface area (Å²) in [4.78, 5) is 21.8. The Morgan fingerprint density at radius 1 is 0.617 bits per heavy atom. The van der Waals surface area contributed by atoms with Gasteiger partial charge in [0.1, 0.15) is 34.6 Å². The predicted molar refractivity (Wildman–Crippen MR) is 159 cm³/mol. The van der Waals surface area contributed by atoms with Crippen molar-refractivity contribution in [1.82, 2.24) is 0 Å². The van der Waals surface area contributed by atoms with Crippen molar-refractivity contribution in [3.05, 3.63) is 96.1 Å². The van der Waals surface area contributed by atoms with Crippen LogP contribution < -0.4 is 83.5 Å². The number of aliphatic carboxylic acids is 2. The Labute approximate surface area is 316 Å². The number of carboxylic acids is 2. The fourth-order valence-electron chi connectivity index (χ4n) is 4.67. The topological polar surface area (TPSA) is 128 Å². The SMILES string of the molecule is O=C([O-])CCCCOc1cccc(OCCCOc2cc(O)c(-c3ccc(F)cc3)cc2-c2ccc(F)cc2)c1CCC(=O)[O-].[Na+].[Na+]. The molecule has 47 heavy (non-hydrogen) atoms. The molecule has 0 heterocycles. The van der Waals surface area contributed by atoms with E-state index in [0.29, 0.717) is 64.3 Å². The third-order valence-electron chi connectivity index (χ3n) is 6.91. The summed E-state index contributed by atoms with van der Waals surface area (Å²) in [6.07, 6.45) is 1.09. The third kappa shape index (κ3) is 12.4. The van der Waals surface area contributed by atoms with Gasteiger partial charge in [0.15, 0.2) is 0 Å². The third-order valence-corrected chi connectivity index (χ3v) is 6.91. The van der Waals surface area contributed by atoms with Gasteiger partial charge in [0.05, 0.1) is 19.8 Å². The van der Waals surface area contributed by atoms with Gasteiger partial charge in [-0.15, -0.1) is 0 Å². The number of hydrogen-bond acceptors (Lipinski definition) is 8. The minimum Gasteiger partial charge on any atom is -0.550 e. The molecule has 0 aliphatic carbocycles. The summed E-state index contributed by atoms with van der Waals surface area (Å²) in [5, 5.41) is 32.6. The number of carboxylic acid groups (broad SMARTS) is 2. The van der Waals surface area contributed by atoms with E-state index in [4.69, 9.17) is 14.2 Å². The van der Waals surface area contributed by atoms with Crippen LogP contribution in [0.25, 0.3) is 22.3 Å². The van der Waals surface area contributed by atoms with E-state index in [0.717, 1.165) is 0 Å². The van der Waals surface area contributed by atoms with Crippen molar-refractivity contribution in [2.75, 3.05) is 19.8 Å². The number of phenolic OH excluding ortho intramolecular Hbond substituents is 1. The number of halogens is 2. The second kappa shape index (κ2) is 20.3. The van der Waals surface area contributed by atoms with Crippen LogP contribution in [0.15, 0.2) is 78.9 Å². The van der Waals surface area contributed by atoms with E-state index in [-0.39, 0.29) is 104 Å². The molecule has 8 nitrogen and oxygen atoms in total. The first-order valence-corrected chi connectivity index (χ1v) is 14.5. The Balaban J connectivity index is 0.00000384.